The van der Waals surface area contributed by atoms with E-state index in [2.05, 4.69) is 9.97 Å². The number of anilines is 1. The highest BCUT2D eigenvalue weighted by Gasteiger charge is 2.27. The lowest BCUT2D eigenvalue weighted by molar-refractivity contribution is 0.449. The van der Waals surface area contributed by atoms with Crippen LogP contribution in [-0.2, 0) is 0 Å². The lowest BCUT2D eigenvalue weighted by Crippen LogP contribution is -1.97. The molecule has 0 radical (unpaired) electrons. The molecule has 1 fully saturated rings. The van der Waals surface area contributed by atoms with Crippen molar-refractivity contribution in [3.05, 3.63) is 11.9 Å². The Morgan fingerprint density at radius 1 is 1.45 bits per heavy atom. The predicted octanol–water partition coefficient (Wildman–Crippen LogP) is 0.642. The van der Waals surface area contributed by atoms with Gasteiger partial charge in [-0.2, -0.15) is 4.98 Å². The van der Waals surface area contributed by atoms with Gasteiger partial charge in [0, 0.05) is 12.0 Å². The highest BCUT2D eigenvalue weighted by atomic mass is 16.3. The number of rotatable bonds is 1. The molecule has 0 atom stereocenters. The number of hydrogen-bond donors (Lipinski definition) is 2. The molecule has 1 heterocycles. The molecule has 0 amide bonds. The van der Waals surface area contributed by atoms with Gasteiger partial charge >= 0.3 is 0 Å². The van der Waals surface area contributed by atoms with Crippen molar-refractivity contribution >= 4 is 5.82 Å². The van der Waals surface area contributed by atoms with Crippen molar-refractivity contribution in [2.75, 3.05) is 5.73 Å². The van der Waals surface area contributed by atoms with Gasteiger partial charge < -0.3 is 10.8 Å². The number of hydrogen-bond acceptors (Lipinski definition) is 4. The molecule has 0 aliphatic heterocycles. The summed E-state index contributed by atoms with van der Waals surface area (Å²) in [7, 11) is 0. The van der Waals surface area contributed by atoms with E-state index in [1.807, 2.05) is 0 Å². The number of nitrogens with zero attached hydrogens (tertiary/aromatic N) is 2. The third kappa shape index (κ3) is 1.24. The fourth-order valence-corrected chi connectivity index (χ4v) is 0.996. The maximum absolute atomic E-state index is 9.04. The smallest absolute Gasteiger partial charge is 0.216 e. The van der Waals surface area contributed by atoms with Gasteiger partial charge in [-0.05, 0) is 12.8 Å². The second-order valence-electron chi connectivity index (χ2n) is 2.78. The summed E-state index contributed by atoms with van der Waals surface area (Å²) in [6.07, 6.45) is 2.23. The van der Waals surface area contributed by atoms with Gasteiger partial charge in [0.2, 0.25) is 5.88 Å². The van der Waals surface area contributed by atoms with Crippen LogP contribution in [0.2, 0.25) is 0 Å². The van der Waals surface area contributed by atoms with E-state index in [0.29, 0.717) is 17.6 Å². The van der Waals surface area contributed by atoms with Crippen molar-refractivity contribution in [3.63, 3.8) is 0 Å². The first-order chi connectivity index (χ1) is 5.25. The van der Waals surface area contributed by atoms with Crippen LogP contribution < -0.4 is 5.73 Å². The molecule has 0 bridgehead atoms. The van der Waals surface area contributed by atoms with E-state index in [9.17, 15) is 0 Å². The molecule has 0 aromatic carbocycles. The van der Waals surface area contributed by atoms with Gasteiger partial charge in [-0.3, -0.25) is 0 Å². The van der Waals surface area contributed by atoms with Gasteiger partial charge in [0.1, 0.15) is 11.6 Å². The first kappa shape index (κ1) is 6.39. The van der Waals surface area contributed by atoms with Crippen LogP contribution in [0.1, 0.15) is 24.6 Å². The molecule has 3 N–H and O–H groups in total. The second kappa shape index (κ2) is 2.08. The molecule has 11 heavy (non-hydrogen) atoms. The molecule has 1 aromatic heterocycles. The van der Waals surface area contributed by atoms with E-state index in [-0.39, 0.29) is 5.88 Å². The largest absolute Gasteiger partial charge is 0.493 e. The SMILES string of the molecule is Nc1cc(O)nc(C2CC2)n1. The minimum atomic E-state index is -0.0283. The third-order valence-corrected chi connectivity index (χ3v) is 1.69. The summed E-state index contributed by atoms with van der Waals surface area (Å²) in [4.78, 5) is 7.86. The first-order valence-corrected chi connectivity index (χ1v) is 3.59. The van der Waals surface area contributed by atoms with Crippen molar-refractivity contribution in [3.8, 4) is 5.88 Å². The lowest BCUT2D eigenvalue weighted by atomic mass is 10.4. The van der Waals surface area contributed by atoms with E-state index >= 15 is 0 Å². The van der Waals surface area contributed by atoms with E-state index in [1.165, 1.54) is 6.07 Å². The highest BCUT2D eigenvalue weighted by molar-refractivity contribution is 5.33. The summed E-state index contributed by atoms with van der Waals surface area (Å²) < 4.78 is 0. The quantitative estimate of drug-likeness (QED) is 0.617. The van der Waals surface area contributed by atoms with Crippen LogP contribution in [-0.4, -0.2) is 15.1 Å². The van der Waals surface area contributed by atoms with Crippen molar-refractivity contribution in [1.82, 2.24) is 9.97 Å². The number of nitrogen functional groups attached to an aromatic ring is 1. The molecule has 4 nitrogen and oxygen atoms in total. The molecule has 2 rings (SSSR count). The lowest BCUT2D eigenvalue weighted by Gasteiger charge is -1.98. The van der Waals surface area contributed by atoms with E-state index in [0.717, 1.165) is 12.8 Å². The standard InChI is InChI=1S/C7H9N3O/c8-5-3-6(11)10-7(9-5)4-1-2-4/h3-4H,1-2H2,(H3,8,9,10,11). The van der Waals surface area contributed by atoms with Crippen LogP contribution in [0.5, 0.6) is 5.88 Å². The van der Waals surface area contributed by atoms with E-state index < -0.39 is 0 Å². The van der Waals surface area contributed by atoms with Crippen LogP contribution >= 0.6 is 0 Å². The molecule has 0 unspecified atom stereocenters. The monoisotopic (exact) mass is 151 g/mol. The Kier molecular flexibility index (Phi) is 1.21. The highest BCUT2D eigenvalue weighted by Crippen LogP contribution is 2.38. The van der Waals surface area contributed by atoms with Crippen molar-refractivity contribution < 1.29 is 5.11 Å². The van der Waals surface area contributed by atoms with E-state index in [1.54, 1.807) is 0 Å². The minimum absolute atomic E-state index is 0.0283. The predicted molar refractivity (Wildman–Crippen MR) is 40.1 cm³/mol. The van der Waals surface area contributed by atoms with Gasteiger partial charge in [-0.1, -0.05) is 0 Å². The zero-order chi connectivity index (χ0) is 7.84. The van der Waals surface area contributed by atoms with Gasteiger partial charge in [-0.25, -0.2) is 4.98 Å². The van der Waals surface area contributed by atoms with Gasteiger partial charge in [-0.15, -0.1) is 0 Å². The molecule has 58 valence electrons. The summed E-state index contributed by atoms with van der Waals surface area (Å²) in [6, 6.07) is 1.35. The molecule has 0 saturated heterocycles. The molecule has 1 aliphatic rings. The summed E-state index contributed by atoms with van der Waals surface area (Å²) in [5, 5.41) is 9.04. The Bertz CT molecular complexity index is 263. The third-order valence-electron chi connectivity index (χ3n) is 1.69. The van der Waals surface area contributed by atoms with Crippen LogP contribution in [0, 0.1) is 0 Å². The average molecular weight is 151 g/mol. The molecule has 1 saturated carbocycles. The molecule has 1 aromatic rings. The summed E-state index contributed by atoms with van der Waals surface area (Å²) >= 11 is 0. The second-order valence-corrected chi connectivity index (χ2v) is 2.78. The number of aromatic nitrogens is 2. The fourth-order valence-electron chi connectivity index (χ4n) is 0.996. The van der Waals surface area contributed by atoms with Gasteiger partial charge in [0.05, 0.1) is 0 Å². The van der Waals surface area contributed by atoms with Crippen LogP contribution in [0.3, 0.4) is 0 Å². The first-order valence-electron chi connectivity index (χ1n) is 3.59. The number of aromatic hydroxyl groups is 1. The molecule has 1 aliphatic carbocycles. The topological polar surface area (TPSA) is 72.0 Å². The Labute approximate surface area is 64.1 Å². The van der Waals surface area contributed by atoms with E-state index in [4.69, 9.17) is 10.8 Å². The van der Waals surface area contributed by atoms with Gasteiger partial charge in [0.15, 0.2) is 0 Å². The summed E-state index contributed by atoms with van der Waals surface area (Å²) in [5.74, 6) is 1.44. The van der Waals surface area contributed by atoms with Crippen molar-refractivity contribution in [2.24, 2.45) is 0 Å². The average Bonchev–Trinajstić information content (AvgIpc) is 2.64. The van der Waals surface area contributed by atoms with Crippen LogP contribution in [0.15, 0.2) is 6.07 Å². The molecular formula is C7H9N3O. The fraction of sp³-hybridized carbons (Fsp3) is 0.429. The number of nitrogens with two attached hydrogens (primary N) is 1. The molecular weight excluding hydrogens is 142 g/mol. The van der Waals surface area contributed by atoms with Crippen molar-refractivity contribution in [2.45, 2.75) is 18.8 Å². The Morgan fingerprint density at radius 3 is 2.73 bits per heavy atom. The zero-order valence-corrected chi connectivity index (χ0v) is 5.99. The molecule has 4 heteroatoms. The Morgan fingerprint density at radius 2 is 2.18 bits per heavy atom. The normalized spacial score (nSPS) is 16.7. The van der Waals surface area contributed by atoms with Crippen LogP contribution in [0.4, 0.5) is 5.82 Å². The van der Waals surface area contributed by atoms with Gasteiger partial charge in [0.25, 0.3) is 0 Å². The Balaban J connectivity index is 2.39. The molecule has 0 spiro atoms. The maximum Gasteiger partial charge on any atom is 0.216 e. The van der Waals surface area contributed by atoms with Crippen LogP contribution in [0.25, 0.3) is 0 Å². The summed E-state index contributed by atoms with van der Waals surface area (Å²) in [6.45, 7) is 0. The maximum atomic E-state index is 9.04. The minimum Gasteiger partial charge on any atom is -0.493 e. The Hall–Kier alpha value is -1.32. The summed E-state index contributed by atoms with van der Waals surface area (Å²) in [5.41, 5.74) is 5.41. The zero-order valence-electron chi connectivity index (χ0n) is 5.99. The van der Waals surface area contributed by atoms with Crippen molar-refractivity contribution in [1.29, 1.82) is 0 Å².